The van der Waals surface area contributed by atoms with E-state index in [2.05, 4.69) is 25.7 Å². The van der Waals surface area contributed by atoms with Gasteiger partial charge in [0.1, 0.15) is 6.04 Å². The molecule has 0 aromatic carbocycles. The van der Waals surface area contributed by atoms with Crippen molar-refractivity contribution in [3.63, 3.8) is 0 Å². The van der Waals surface area contributed by atoms with Crippen molar-refractivity contribution in [3.05, 3.63) is 0 Å². The molecule has 1 atom stereocenters. The van der Waals surface area contributed by atoms with Gasteiger partial charge in [-0.15, -0.1) is 0 Å². The molecule has 0 saturated carbocycles. The van der Waals surface area contributed by atoms with Crippen molar-refractivity contribution >= 4 is 5.97 Å². The third kappa shape index (κ3) is 3.82. The molecule has 1 rings (SSSR count). The molecule has 1 aliphatic rings. The van der Waals surface area contributed by atoms with E-state index < -0.39 is 0 Å². The van der Waals surface area contributed by atoms with Crippen molar-refractivity contribution in [2.45, 2.75) is 46.1 Å². The van der Waals surface area contributed by atoms with Gasteiger partial charge in [0.25, 0.3) is 0 Å². The van der Waals surface area contributed by atoms with Crippen LogP contribution in [0.3, 0.4) is 0 Å². The zero-order valence-electron chi connectivity index (χ0n) is 10.4. The Bertz CT molecular complexity index is 220. The van der Waals surface area contributed by atoms with Crippen LogP contribution in [0.15, 0.2) is 0 Å². The van der Waals surface area contributed by atoms with Crippen LogP contribution in [0.5, 0.6) is 0 Å². The number of carbonyl (C=O) groups is 1. The molecule has 0 aromatic heterocycles. The summed E-state index contributed by atoms with van der Waals surface area (Å²) in [4.78, 5) is 13.7. The topological polar surface area (TPSA) is 29.5 Å². The van der Waals surface area contributed by atoms with Crippen LogP contribution in [-0.2, 0) is 9.53 Å². The molecule has 1 fully saturated rings. The Morgan fingerprint density at radius 3 is 2.67 bits per heavy atom. The SMILES string of the molecule is COC(=O)C1CCCN1CCC(C)(C)C. The quantitative estimate of drug-likeness (QED) is 0.672. The largest absolute Gasteiger partial charge is 0.468 e. The third-order valence-electron chi connectivity index (χ3n) is 2.99. The van der Waals surface area contributed by atoms with Gasteiger partial charge in [-0.3, -0.25) is 9.69 Å². The van der Waals surface area contributed by atoms with Crippen LogP contribution in [0.1, 0.15) is 40.0 Å². The summed E-state index contributed by atoms with van der Waals surface area (Å²) in [6.45, 7) is 8.74. The van der Waals surface area contributed by atoms with Gasteiger partial charge >= 0.3 is 5.97 Å². The zero-order valence-corrected chi connectivity index (χ0v) is 10.4. The molecular weight excluding hydrogens is 190 g/mol. The van der Waals surface area contributed by atoms with Gasteiger partial charge in [-0.1, -0.05) is 20.8 Å². The van der Waals surface area contributed by atoms with Gasteiger partial charge in [-0.25, -0.2) is 0 Å². The van der Waals surface area contributed by atoms with Gasteiger partial charge in [-0.2, -0.15) is 0 Å². The lowest BCUT2D eigenvalue weighted by molar-refractivity contribution is -0.145. The first-order valence-corrected chi connectivity index (χ1v) is 5.76. The second-order valence-electron chi connectivity index (χ2n) is 5.53. The molecule has 0 aromatic rings. The van der Waals surface area contributed by atoms with Gasteiger partial charge in [-0.05, 0) is 37.8 Å². The molecule has 15 heavy (non-hydrogen) atoms. The molecule has 88 valence electrons. The van der Waals surface area contributed by atoms with Crippen molar-refractivity contribution in [1.29, 1.82) is 0 Å². The van der Waals surface area contributed by atoms with E-state index in [1.54, 1.807) is 0 Å². The summed E-state index contributed by atoms with van der Waals surface area (Å²) in [6, 6.07) is 0.0114. The first-order chi connectivity index (χ1) is 6.94. The van der Waals surface area contributed by atoms with Gasteiger partial charge in [0.2, 0.25) is 0 Å². The van der Waals surface area contributed by atoms with Crippen molar-refractivity contribution in [2.75, 3.05) is 20.2 Å². The summed E-state index contributed by atoms with van der Waals surface area (Å²) in [5, 5.41) is 0. The zero-order chi connectivity index (χ0) is 11.5. The first-order valence-electron chi connectivity index (χ1n) is 5.76. The van der Waals surface area contributed by atoms with Gasteiger partial charge in [0.05, 0.1) is 7.11 Å². The van der Waals surface area contributed by atoms with E-state index in [1.165, 1.54) is 7.11 Å². The Labute approximate surface area is 92.8 Å². The third-order valence-corrected chi connectivity index (χ3v) is 2.99. The molecule has 3 nitrogen and oxygen atoms in total. The van der Waals surface area contributed by atoms with E-state index in [0.717, 1.165) is 32.4 Å². The average molecular weight is 213 g/mol. The van der Waals surface area contributed by atoms with Crippen molar-refractivity contribution < 1.29 is 9.53 Å². The highest BCUT2D eigenvalue weighted by Crippen LogP contribution is 2.23. The highest BCUT2D eigenvalue weighted by molar-refractivity contribution is 5.75. The van der Waals surface area contributed by atoms with Gasteiger partial charge in [0.15, 0.2) is 0 Å². The van der Waals surface area contributed by atoms with E-state index in [1.807, 2.05) is 0 Å². The molecule has 1 unspecified atom stereocenters. The van der Waals surface area contributed by atoms with Crippen LogP contribution in [0, 0.1) is 5.41 Å². The summed E-state index contributed by atoms with van der Waals surface area (Å²) in [6.07, 6.45) is 3.20. The van der Waals surface area contributed by atoms with Crippen LogP contribution in [0.2, 0.25) is 0 Å². The molecule has 0 spiro atoms. The lowest BCUT2D eigenvalue weighted by Crippen LogP contribution is -2.38. The van der Waals surface area contributed by atoms with E-state index in [0.29, 0.717) is 5.41 Å². The number of rotatable bonds is 3. The lowest BCUT2D eigenvalue weighted by atomic mass is 9.92. The second kappa shape index (κ2) is 4.97. The smallest absolute Gasteiger partial charge is 0.323 e. The summed E-state index contributed by atoms with van der Waals surface area (Å²) in [5.74, 6) is -0.0681. The number of likely N-dealkylation sites (tertiary alicyclic amines) is 1. The predicted octanol–water partition coefficient (Wildman–Crippen LogP) is 2.06. The highest BCUT2D eigenvalue weighted by atomic mass is 16.5. The first kappa shape index (κ1) is 12.5. The summed E-state index contributed by atoms with van der Waals surface area (Å²) >= 11 is 0. The van der Waals surface area contributed by atoms with Gasteiger partial charge in [0, 0.05) is 0 Å². The lowest BCUT2D eigenvalue weighted by Gasteiger charge is -2.26. The number of ether oxygens (including phenoxy) is 1. The van der Waals surface area contributed by atoms with Crippen LogP contribution in [-0.4, -0.2) is 37.1 Å². The van der Waals surface area contributed by atoms with Crippen LogP contribution in [0.4, 0.5) is 0 Å². The van der Waals surface area contributed by atoms with E-state index in [4.69, 9.17) is 4.74 Å². The van der Waals surface area contributed by atoms with Crippen LogP contribution in [0.25, 0.3) is 0 Å². The maximum Gasteiger partial charge on any atom is 0.323 e. The molecule has 0 aliphatic carbocycles. The Hall–Kier alpha value is -0.570. The fraction of sp³-hybridized carbons (Fsp3) is 0.917. The standard InChI is InChI=1S/C12H23NO2/c1-12(2,3)7-9-13-8-5-6-10(13)11(14)15-4/h10H,5-9H2,1-4H3. The summed E-state index contributed by atoms with van der Waals surface area (Å²) < 4.78 is 4.82. The van der Waals surface area contributed by atoms with Crippen molar-refractivity contribution in [2.24, 2.45) is 5.41 Å². The minimum atomic E-state index is -0.0681. The number of hydrogen-bond donors (Lipinski definition) is 0. The normalized spacial score (nSPS) is 23.1. The number of esters is 1. The Morgan fingerprint density at radius 2 is 2.13 bits per heavy atom. The molecular formula is C12H23NO2. The fourth-order valence-electron chi connectivity index (χ4n) is 1.98. The maximum absolute atomic E-state index is 11.5. The minimum absolute atomic E-state index is 0.0114. The highest BCUT2D eigenvalue weighted by Gasteiger charge is 2.31. The number of nitrogens with zero attached hydrogens (tertiary/aromatic N) is 1. The minimum Gasteiger partial charge on any atom is -0.468 e. The summed E-state index contributed by atoms with van der Waals surface area (Å²) in [5.41, 5.74) is 0.337. The second-order valence-corrected chi connectivity index (χ2v) is 5.53. The number of methoxy groups -OCH3 is 1. The Kier molecular flexibility index (Phi) is 4.14. The molecule has 0 N–H and O–H groups in total. The molecule has 1 saturated heterocycles. The van der Waals surface area contributed by atoms with Gasteiger partial charge < -0.3 is 4.74 Å². The van der Waals surface area contributed by atoms with Crippen LogP contribution < -0.4 is 0 Å². The fourth-order valence-corrected chi connectivity index (χ4v) is 1.98. The number of carbonyl (C=O) groups excluding carboxylic acids is 1. The summed E-state index contributed by atoms with van der Waals surface area (Å²) in [7, 11) is 1.47. The molecule has 0 bridgehead atoms. The molecule has 0 radical (unpaired) electrons. The van der Waals surface area contributed by atoms with E-state index >= 15 is 0 Å². The number of hydrogen-bond acceptors (Lipinski definition) is 3. The maximum atomic E-state index is 11.5. The predicted molar refractivity (Wildman–Crippen MR) is 60.7 cm³/mol. The van der Waals surface area contributed by atoms with Crippen molar-refractivity contribution in [3.8, 4) is 0 Å². The molecule has 1 heterocycles. The molecule has 1 aliphatic heterocycles. The van der Waals surface area contributed by atoms with Crippen LogP contribution >= 0.6 is 0 Å². The van der Waals surface area contributed by atoms with Crippen molar-refractivity contribution in [1.82, 2.24) is 4.90 Å². The molecule has 0 amide bonds. The molecule has 3 heteroatoms. The average Bonchev–Trinajstić information content (AvgIpc) is 2.60. The monoisotopic (exact) mass is 213 g/mol. The Balaban J connectivity index is 2.43. The van der Waals surface area contributed by atoms with E-state index in [-0.39, 0.29) is 12.0 Å². The Morgan fingerprint density at radius 1 is 1.47 bits per heavy atom. The van der Waals surface area contributed by atoms with E-state index in [9.17, 15) is 4.79 Å².